The highest BCUT2D eigenvalue weighted by Crippen LogP contribution is 2.17. The Morgan fingerprint density at radius 1 is 0.254 bits per heavy atom. The van der Waals surface area contributed by atoms with E-state index in [0.717, 1.165) is 71.2 Å². The fourth-order valence-electron chi connectivity index (χ4n) is 10.0. The van der Waals surface area contributed by atoms with Crippen LogP contribution in [0.4, 0.5) is 0 Å². The molecule has 2 amide bonds. The number of aliphatic hydroxyl groups excluding tert-OH is 1. The van der Waals surface area contributed by atoms with Gasteiger partial charge in [-0.2, -0.15) is 0 Å². The number of carbonyl (C=O) groups excluding carboxylic acids is 2. The fourth-order valence-corrected chi connectivity index (χ4v) is 10.0. The van der Waals surface area contributed by atoms with Crippen LogP contribution in [-0.4, -0.2) is 84.0 Å². The summed E-state index contributed by atoms with van der Waals surface area (Å²) in [5.74, 6) is 0.827. The summed E-state index contributed by atoms with van der Waals surface area (Å²) >= 11 is 0. The Hall–Kier alpha value is -1.14. The predicted molar refractivity (Wildman–Crippen MR) is 296 cm³/mol. The van der Waals surface area contributed by atoms with E-state index in [0.29, 0.717) is 18.4 Å². The molecule has 0 aromatic carbocycles. The van der Waals surface area contributed by atoms with E-state index >= 15 is 0 Å². The first-order chi connectivity index (χ1) is 33.0. The summed E-state index contributed by atoms with van der Waals surface area (Å²) in [5.41, 5.74) is 0. The van der Waals surface area contributed by atoms with Crippen LogP contribution in [0.5, 0.6) is 0 Å². The van der Waals surface area contributed by atoms with Gasteiger partial charge >= 0.3 is 0 Å². The average molecular weight is 947 g/mol. The molecule has 0 rings (SSSR count). The van der Waals surface area contributed by atoms with Crippen molar-refractivity contribution in [3.63, 3.8) is 0 Å². The average Bonchev–Trinajstić information content (AvgIpc) is 3.33. The standard InChI is InChI=1S/C61H123N3O3/c1-5-9-13-17-21-25-35-45-55-63(56-46-36-26-22-18-14-10-6-2)60(66)50-40-31-29-33-42-52-62(54-44-39-49-59-65)53-43-34-30-32-41-51-61(67)64(57-47-37-27-23-19-15-11-7-3)58-48-38-28-24-20-16-12-8-4/h65H,5-59H2,1-4H3. The van der Waals surface area contributed by atoms with Crippen LogP contribution in [-0.2, 0) is 9.59 Å². The van der Waals surface area contributed by atoms with Crippen molar-refractivity contribution in [2.75, 3.05) is 52.4 Å². The van der Waals surface area contributed by atoms with E-state index in [1.54, 1.807) is 0 Å². The first kappa shape index (κ1) is 65.9. The Kier molecular flexibility index (Phi) is 54.8. The summed E-state index contributed by atoms with van der Waals surface area (Å²) in [6.45, 7) is 16.8. The molecule has 0 aliphatic rings. The summed E-state index contributed by atoms with van der Waals surface area (Å²) < 4.78 is 0. The Labute approximate surface area is 421 Å². The third-order valence-corrected chi connectivity index (χ3v) is 14.7. The van der Waals surface area contributed by atoms with E-state index in [4.69, 9.17) is 0 Å². The minimum absolute atomic E-state index is 0.303. The van der Waals surface area contributed by atoms with Crippen molar-refractivity contribution < 1.29 is 14.7 Å². The van der Waals surface area contributed by atoms with Gasteiger partial charge in [-0.15, -0.1) is 0 Å². The van der Waals surface area contributed by atoms with Gasteiger partial charge in [0, 0.05) is 45.6 Å². The van der Waals surface area contributed by atoms with Crippen LogP contribution in [0.15, 0.2) is 0 Å². The van der Waals surface area contributed by atoms with Crippen LogP contribution < -0.4 is 0 Å². The quantitative estimate of drug-likeness (QED) is 0.0617. The van der Waals surface area contributed by atoms with E-state index in [-0.39, 0.29) is 0 Å². The van der Waals surface area contributed by atoms with Crippen LogP contribution in [0.3, 0.4) is 0 Å². The lowest BCUT2D eigenvalue weighted by atomic mass is 10.1. The van der Waals surface area contributed by atoms with Crippen LogP contribution in [0, 0.1) is 0 Å². The number of unbranched alkanes of at least 4 members (excludes halogenated alkanes) is 38. The zero-order chi connectivity index (χ0) is 48.8. The van der Waals surface area contributed by atoms with E-state index < -0.39 is 0 Å². The third kappa shape index (κ3) is 48.3. The number of rotatable bonds is 57. The lowest BCUT2D eigenvalue weighted by molar-refractivity contribution is -0.132. The molecule has 0 fully saturated rings. The van der Waals surface area contributed by atoms with Crippen molar-refractivity contribution in [3.8, 4) is 0 Å². The molecule has 0 unspecified atom stereocenters. The van der Waals surface area contributed by atoms with E-state index in [1.807, 2.05) is 0 Å². The van der Waals surface area contributed by atoms with Crippen molar-refractivity contribution in [1.29, 1.82) is 0 Å². The Balaban J connectivity index is 4.61. The molecule has 67 heavy (non-hydrogen) atoms. The first-order valence-corrected chi connectivity index (χ1v) is 30.9. The number of carbonyl (C=O) groups is 2. The molecule has 0 radical (unpaired) electrons. The fraction of sp³-hybridized carbons (Fsp3) is 0.967. The molecular weight excluding hydrogens is 823 g/mol. The summed E-state index contributed by atoms with van der Waals surface area (Å²) in [7, 11) is 0. The lowest BCUT2D eigenvalue weighted by Gasteiger charge is -2.23. The second kappa shape index (κ2) is 55.8. The number of amides is 2. The molecule has 0 aliphatic heterocycles. The molecule has 0 saturated carbocycles. The van der Waals surface area contributed by atoms with Crippen LogP contribution in [0.25, 0.3) is 0 Å². The topological polar surface area (TPSA) is 64.1 Å². The molecule has 400 valence electrons. The van der Waals surface area contributed by atoms with Crippen LogP contribution in [0.2, 0.25) is 0 Å². The van der Waals surface area contributed by atoms with Gasteiger partial charge < -0.3 is 19.8 Å². The number of hydrogen-bond acceptors (Lipinski definition) is 4. The highest BCUT2D eigenvalue weighted by Gasteiger charge is 2.15. The highest BCUT2D eigenvalue weighted by atomic mass is 16.3. The largest absolute Gasteiger partial charge is 0.396 e. The maximum Gasteiger partial charge on any atom is 0.222 e. The molecule has 0 atom stereocenters. The van der Waals surface area contributed by atoms with Gasteiger partial charge in [0.05, 0.1) is 0 Å². The molecule has 0 bridgehead atoms. The second-order valence-electron chi connectivity index (χ2n) is 21.3. The van der Waals surface area contributed by atoms with Gasteiger partial charge in [0.25, 0.3) is 0 Å². The molecule has 6 nitrogen and oxygen atoms in total. The summed E-state index contributed by atoms with van der Waals surface area (Å²) in [6.07, 6.45) is 58.8. The zero-order valence-electron chi connectivity index (χ0n) is 46.5. The zero-order valence-corrected chi connectivity index (χ0v) is 46.5. The summed E-state index contributed by atoms with van der Waals surface area (Å²) in [5, 5.41) is 9.34. The van der Waals surface area contributed by atoms with Gasteiger partial charge in [-0.05, 0) is 90.3 Å². The summed E-state index contributed by atoms with van der Waals surface area (Å²) in [6, 6.07) is 0. The number of aliphatic hydroxyl groups is 1. The molecule has 6 heteroatoms. The lowest BCUT2D eigenvalue weighted by Crippen LogP contribution is -2.32. The third-order valence-electron chi connectivity index (χ3n) is 14.7. The maximum atomic E-state index is 13.4. The smallest absolute Gasteiger partial charge is 0.222 e. The van der Waals surface area contributed by atoms with Gasteiger partial charge in [0.15, 0.2) is 0 Å². The molecule has 0 heterocycles. The Morgan fingerprint density at radius 3 is 0.687 bits per heavy atom. The van der Waals surface area contributed by atoms with E-state index in [2.05, 4.69) is 42.4 Å². The number of nitrogens with zero attached hydrogens (tertiary/aromatic N) is 3. The van der Waals surface area contributed by atoms with Crippen molar-refractivity contribution in [3.05, 3.63) is 0 Å². The van der Waals surface area contributed by atoms with Crippen molar-refractivity contribution in [1.82, 2.24) is 14.7 Å². The molecule has 0 aromatic heterocycles. The van der Waals surface area contributed by atoms with Gasteiger partial charge in [-0.3, -0.25) is 9.59 Å². The predicted octanol–water partition coefficient (Wildman–Crippen LogP) is 18.4. The monoisotopic (exact) mass is 946 g/mol. The molecule has 0 spiro atoms. The van der Waals surface area contributed by atoms with Crippen molar-refractivity contribution in [2.24, 2.45) is 0 Å². The molecule has 0 aliphatic carbocycles. The minimum Gasteiger partial charge on any atom is -0.396 e. The van der Waals surface area contributed by atoms with Crippen molar-refractivity contribution in [2.45, 2.75) is 329 Å². The molecular formula is C61H123N3O3. The van der Waals surface area contributed by atoms with E-state index in [9.17, 15) is 14.7 Å². The first-order valence-electron chi connectivity index (χ1n) is 30.9. The Bertz CT molecular complexity index is 867. The molecule has 0 saturated heterocycles. The van der Waals surface area contributed by atoms with Crippen LogP contribution in [0.1, 0.15) is 329 Å². The van der Waals surface area contributed by atoms with Gasteiger partial charge in [-0.25, -0.2) is 0 Å². The Morgan fingerprint density at radius 2 is 0.448 bits per heavy atom. The SMILES string of the molecule is CCCCCCCCCCN(CCCCCCCCCC)C(=O)CCCCCCCN(CCCCCO)CCCCCCCC(=O)N(CCCCCCCCCC)CCCCCCCCCC. The molecule has 0 aromatic rings. The summed E-state index contributed by atoms with van der Waals surface area (Å²) in [4.78, 5) is 34.0. The van der Waals surface area contributed by atoms with Gasteiger partial charge in [0.1, 0.15) is 0 Å². The van der Waals surface area contributed by atoms with Gasteiger partial charge in [-0.1, -0.05) is 246 Å². The molecule has 1 N–H and O–H groups in total. The minimum atomic E-state index is 0.303. The van der Waals surface area contributed by atoms with E-state index in [1.165, 1.54) is 276 Å². The normalized spacial score (nSPS) is 11.6. The van der Waals surface area contributed by atoms with Crippen LogP contribution >= 0.6 is 0 Å². The van der Waals surface area contributed by atoms with Gasteiger partial charge in [0.2, 0.25) is 11.8 Å². The highest BCUT2D eigenvalue weighted by molar-refractivity contribution is 5.76. The second-order valence-corrected chi connectivity index (χ2v) is 21.3. The number of hydrogen-bond donors (Lipinski definition) is 1. The van der Waals surface area contributed by atoms with Crippen molar-refractivity contribution >= 4 is 11.8 Å². The maximum absolute atomic E-state index is 13.4.